The van der Waals surface area contributed by atoms with Crippen LogP contribution in [0.1, 0.15) is 5.56 Å². The van der Waals surface area contributed by atoms with Crippen molar-refractivity contribution >= 4 is 34.1 Å². The van der Waals surface area contributed by atoms with E-state index in [1.54, 1.807) is 12.3 Å². The van der Waals surface area contributed by atoms with Crippen molar-refractivity contribution in [2.45, 2.75) is 5.88 Å². The van der Waals surface area contributed by atoms with Gasteiger partial charge in [0.2, 0.25) is 5.88 Å². The van der Waals surface area contributed by atoms with Crippen LogP contribution in [0.25, 0.3) is 10.9 Å². The van der Waals surface area contributed by atoms with E-state index in [2.05, 4.69) is 9.97 Å². The van der Waals surface area contributed by atoms with Gasteiger partial charge in [-0.1, -0.05) is 17.7 Å². The van der Waals surface area contributed by atoms with E-state index in [1.807, 2.05) is 30.3 Å². The highest BCUT2D eigenvalue weighted by Gasteiger charge is 2.07. The molecule has 2 aromatic heterocycles. The van der Waals surface area contributed by atoms with Crippen molar-refractivity contribution in [2.75, 3.05) is 0 Å². The minimum absolute atomic E-state index is 0.314. The molecule has 3 rings (SSSR count). The minimum Gasteiger partial charge on any atom is -0.438 e. The number of fused-ring (bicyclic) bond motifs is 1. The van der Waals surface area contributed by atoms with Crippen LogP contribution in [0.2, 0.25) is 5.02 Å². The zero-order valence-electron chi connectivity index (χ0n) is 10.4. The van der Waals surface area contributed by atoms with Crippen molar-refractivity contribution in [3.63, 3.8) is 0 Å². The molecule has 0 amide bonds. The summed E-state index contributed by atoms with van der Waals surface area (Å²) in [7, 11) is 0. The zero-order chi connectivity index (χ0) is 13.9. The highest BCUT2D eigenvalue weighted by Crippen LogP contribution is 2.29. The summed E-state index contributed by atoms with van der Waals surface area (Å²) in [6, 6.07) is 11.3. The van der Waals surface area contributed by atoms with Crippen LogP contribution in [0.5, 0.6) is 11.6 Å². The number of nitrogens with zero attached hydrogens (tertiary/aromatic N) is 2. The Balaban J connectivity index is 2.01. The first kappa shape index (κ1) is 13.2. The molecule has 0 fully saturated rings. The number of alkyl halides is 1. The number of benzene rings is 1. The van der Waals surface area contributed by atoms with E-state index >= 15 is 0 Å². The van der Waals surface area contributed by atoms with Gasteiger partial charge in [0.1, 0.15) is 5.75 Å². The molecule has 0 unspecified atom stereocenters. The second-order valence-electron chi connectivity index (χ2n) is 4.18. The molecular weight excluding hydrogens is 295 g/mol. The van der Waals surface area contributed by atoms with Gasteiger partial charge in [0, 0.05) is 29.7 Å². The van der Waals surface area contributed by atoms with Crippen molar-refractivity contribution in [3.8, 4) is 11.6 Å². The van der Waals surface area contributed by atoms with Crippen LogP contribution in [0.15, 0.2) is 48.8 Å². The summed E-state index contributed by atoms with van der Waals surface area (Å²) in [5.74, 6) is 1.47. The van der Waals surface area contributed by atoms with Gasteiger partial charge in [-0.05, 0) is 29.8 Å². The third-order valence-corrected chi connectivity index (χ3v) is 3.50. The number of aromatic nitrogens is 2. The quantitative estimate of drug-likeness (QED) is 0.651. The van der Waals surface area contributed by atoms with Crippen molar-refractivity contribution in [2.24, 2.45) is 0 Å². The molecule has 0 saturated heterocycles. The number of hydrogen-bond acceptors (Lipinski definition) is 3. The Kier molecular flexibility index (Phi) is 3.72. The lowest BCUT2D eigenvalue weighted by Gasteiger charge is -2.09. The molecule has 2 heterocycles. The standard InChI is InChI=1S/C15H10Cl2N2O/c16-8-10-7-15(19-9-12(10)17)20-14-5-1-4-13-11(14)3-2-6-18-13/h1-7,9H,8H2. The number of hydrogen-bond donors (Lipinski definition) is 0. The Morgan fingerprint density at radius 1 is 1.10 bits per heavy atom. The molecule has 0 N–H and O–H groups in total. The summed E-state index contributed by atoms with van der Waals surface area (Å²) in [5.41, 5.74) is 1.66. The van der Waals surface area contributed by atoms with Crippen LogP contribution < -0.4 is 4.74 Å². The van der Waals surface area contributed by atoms with Crippen LogP contribution in [-0.2, 0) is 5.88 Å². The molecular formula is C15H10Cl2N2O. The molecule has 3 nitrogen and oxygen atoms in total. The van der Waals surface area contributed by atoms with Crippen LogP contribution in [0.3, 0.4) is 0 Å². The maximum Gasteiger partial charge on any atom is 0.219 e. The highest BCUT2D eigenvalue weighted by molar-refractivity contribution is 6.32. The molecule has 0 aliphatic carbocycles. The van der Waals surface area contributed by atoms with E-state index in [-0.39, 0.29) is 0 Å². The van der Waals surface area contributed by atoms with Crippen LogP contribution >= 0.6 is 23.2 Å². The largest absolute Gasteiger partial charge is 0.438 e. The van der Waals surface area contributed by atoms with Crippen molar-refractivity contribution in [1.29, 1.82) is 0 Å². The average Bonchev–Trinajstić information content (AvgIpc) is 2.49. The predicted molar refractivity (Wildman–Crippen MR) is 80.6 cm³/mol. The molecule has 0 saturated carbocycles. The van der Waals surface area contributed by atoms with E-state index in [4.69, 9.17) is 27.9 Å². The molecule has 100 valence electrons. The molecule has 0 aliphatic rings. The summed E-state index contributed by atoms with van der Waals surface area (Å²) in [6.45, 7) is 0. The first-order valence-electron chi connectivity index (χ1n) is 6.00. The van der Waals surface area contributed by atoms with Gasteiger partial charge in [0.05, 0.1) is 10.5 Å². The highest BCUT2D eigenvalue weighted by atomic mass is 35.5. The molecule has 0 bridgehead atoms. The molecule has 20 heavy (non-hydrogen) atoms. The summed E-state index contributed by atoms with van der Waals surface area (Å²) in [6.07, 6.45) is 3.29. The van der Waals surface area contributed by atoms with Crippen molar-refractivity contribution < 1.29 is 4.74 Å². The van der Waals surface area contributed by atoms with Gasteiger partial charge < -0.3 is 4.74 Å². The molecule has 0 atom stereocenters. The van der Waals surface area contributed by atoms with Gasteiger partial charge in [-0.3, -0.25) is 4.98 Å². The SMILES string of the molecule is ClCc1cc(Oc2cccc3ncccc23)ncc1Cl. The van der Waals surface area contributed by atoms with Gasteiger partial charge >= 0.3 is 0 Å². The van der Waals surface area contributed by atoms with Gasteiger partial charge in [-0.15, -0.1) is 11.6 Å². The minimum atomic E-state index is 0.314. The lowest BCUT2D eigenvalue weighted by molar-refractivity contribution is 0.467. The summed E-state index contributed by atoms with van der Waals surface area (Å²) < 4.78 is 5.82. The Hall–Kier alpha value is -1.84. The molecule has 0 spiro atoms. The Morgan fingerprint density at radius 2 is 2.00 bits per heavy atom. The van der Waals surface area contributed by atoms with Crippen molar-refractivity contribution in [1.82, 2.24) is 9.97 Å². The lowest BCUT2D eigenvalue weighted by Crippen LogP contribution is -1.92. The number of pyridine rings is 2. The molecule has 0 aliphatic heterocycles. The fourth-order valence-electron chi connectivity index (χ4n) is 1.89. The lowest BCUT2D eigenvalue weighted by atomic mass is 10.2. The van der Waals surface area contributed by atoms with E-state index < -0.39 is 0 Å². The van der Waals surface area contributed by atoms with Crippen LogP contribution in [0.4, 0.5) is 0 Å². The third kappa shape index (κ3) is 2.55. The predicted octanol–water partition coefficient (Wildman–Crippen LogP) is 4.81. The van der Waals surface area contributed by atoms with Gasteiger partial charge in [0.25, 0.3) is 0 Å². The Labute approximate surface area is 126 Å². The smallest absolute Gasteiger partial charge is 0.219 e. The molecule has 1 aromatic carbocycles. The zero-order valence-corrected chi connectivity index (χ0v) is 11.9. The third-order valence-electron chi connectivity index (χ3n) is 2.87. The summed E-state index contributed by atoms with van der Waals surface area (Å²) >= 11 is 11.8. The second kappa shape index (κ2) is 5.65. The number of halogens is 2. The number of ether oxygens (including phenoxy) is 1. The molecule has 5 heteroatoms. The average molecular weight is 305 g/mol. The fourth-order valence-corrected chi connectivity index (χ4v) is 2.35. The van der Waals surface area contributed by atoms with Crippen LogP contribution in [-0.4, -0.2) is 9.97 Å². The van der Waals surface area contributed by atoms with Gasteiger partial charge in [0.15, 0.2) is 0 Å². The molecule has 3 aromatic rings. The van der Waals surface area contributed by atoms with E-state index in [0.29, 0.717) is 22.5 Å². The van der Waals surface area contributed by atoms with Crippen molar-refractivity contribution in [3.05, 3.63) is 59.4 Å². The topological polar surface area (TPSA) is 35.0 Å². The summed E-state index contributed by atoms with van der Waals surface area (Å²) in [5, 5.41) is 1.46. The Bertz CT molecular complexity index is 756. The van der Waals surface area contributed by atoms with Crippen LogP contribution in [0, 0.1) is 0 Å². The van der Waals surface area contributed by atoms with E-state index in [1.165, 1.54) is 6.20 Å². The monoisotopic (exact) mass is 304 g/mol. The second-order valence-corrected chi connectivity index (χ2v) is 4.85. The summed E-state index contributed by atoms with van der Waals surface area (Å²) in [4.78, 5) is 8.44. The first-order chi connectivity index (χ1) is 9.78. The van der Waals surface area contributed by atoms with E-state index in [9.17, 15) is 0 Å². The van der Waals surface area contributed by atoms with Gasteiger partial charge in [-0.25, -0.2) is 4.98 Å². The normalized spacial score (nSPS) is 10.7. The number of rotatable bonds is 3. The van der Waals surface area contributed by atoms with Gasteiger partial charge in [-0.2, -0.15) is 0 Å². The first-order valence-corrected chi connectivity index (χ1v) is 6.91. The maximum atomic E-state index is 5.98. The van der Waals surface area contributed by atoms with E-state index in [0.717, 1.165) is 16.5 Å². The maximum absolute atomic E-state index is 5.98. The Morgan fingerprint density at radius 3 is 2.85 bits per heavy atom. The molecule has 0 radical (unpaired) electrons. The fraction of sp³-hybridized carbons (Fsp3) is 0.0667.